The van der Waals surface area contributed by atoms with Crippen LogP contribution in [-0.2, 0) is 34.9 Å². The van der Waals surface area contributed by atoms with E-state index >= 15 is 0 Å². The minimum absolute atomic E-state index is 0.123. The van der Waals surface area contributed by atoms with Gasteiger partial charge in [0.2, 0.25) is 19.4 Å². The molecule has 3 aliphatic heterocycles. The summed E-state index contributed by atoms with van der Waals surface area (Å²) >= 11 is 0. The average molecular weight is 438 g/mol. The molecule has 0 amide bonds. The van der Waals surface area contributed by atoms with Gasteiger partial charge in [-0.3, -0.25) is 4.79 Å². The first-order valence-electron chi connectivity index (χ1n) is 10.4. The minimum atomic E-state index is -1.91. The number of rotatable bonds is 5. The second-order valence-corrected chi connectivity index (χ2v) is 8.26. The molecule has 5 rings (SSSR count). The quantitative estimate of drug-likeness (QED) is 0.500. The van der Waals surface area contributed by atoms with E-state index in [2.05, 4.69) is 0 Å². The van der Waals surface area contributed by atoms with Gasteiger partial charge in [0.25, 0.3) is 0 Å². The van der Waals surface area contributed by atoms with E-state index in [1.165, 1.54) is 0 Å². The number of cyclic esters (lactones) is 1. The Morgan fingerprint density at radius 3 is 2.58 bits per heavy atom. The largest absolute Gasteiger partial charge is 0.465 e. The molecule has 2 fully saturated rings. The zero-order valence-electron chi connectivity index (χ0n) is 17.3. The van der Waals surface area contributed by atoms with Gasteiger partial charge in [-0.1, -0.05) is 0 Å². The molecular formula is C21H26O10. The molecule has 7 atom stereocenters. The molecule has 0 saturated carbocycles. The number of aliphatic hydroxyl groups is 2. The molecule has 1 aromatic carbocycles. The van der Waals surface area contributed by atoms with Gasteiger partial charge in [0.1, 0.15) is 6.10 Å². The van der Waals surface area contributed by atoms with Crippen LogP contribution in [0, 0.1) is 11.8 Å². The molecule has 2 saturated heterocycles. The van der Waals surface area contributed by atoms with Gasteiger partial charge < -0.3 is 43.4 Å². The summed E-state index contributed by atoms with van der Waals surface area (Å²) in [7, 11) is 0. The summed E-state index contributed by atoms with van der Waals surface area (Å²) < 4.78 is 39.3. The summed E-state index contributed by atoms with van der Waals surface area (Å²) in [4.78, 5) is 12.3. The Hall–Kier alpha value is -1.95. The number of carbonyl (C=O) groups excluding carboxylic acids is 1. The van der Waals surface area contributed by atoms with E-state index in [9.17, 15) is 15.0 Å². The number of fused-ring (bicyclic) bond motifs is 3. The summed E-state index contributed by atoms with van der Waals surface area (Å²) in [5.74, 6) is 0.212. The number of hydrogen-bond acceptors (Lipinski definition) is 10. The normalized spacial score (nSPS) is 34.9. The fourth-order valence-electron chi connectivity index (χ4n) is 4.63. The van der Waals surface area contributed by atoms with Crippen LogP contribution in [0.25, 0.3) is 0 Å². The fourth-order valence-corrected chi connectivity index (χ4v) is 4.63. The molecule has 1 aliphatic carbocycles. The Kier molecular flexibility index (Phi) is 5.53. The van der Waals surface area contributed by atoms with Crippen LogP contribution in [-0.4, -0.2) is 67.3 Å². The van der Waals surface area contributed by atoms with Crippen LogP contribution in [0.5, 0.6) is 11.5 Å². The smallest absolute Gasteiger partial charge is 0.309 e. The number of carbonyl (C=O) groups is 1. The average Bonchev–Trinajstić information content (AvgIpc) is 3.33. The minimum Gasteiger partial charge on any atom is -0.465 e. The molecule has 2 N–H and O–H groups in total. The number of ether oxygens (including phenoxy) is 7. The second kappa shape index (κ2) is 8.19. The van der Waals surface area contributed by atoms with Crippen LogP contribution < -0.4 is 9.47 Å². The molecule has 6 unspecified atom stereocenters. The molecule has 31 heavy (non-hydrogen) atoms. The van der Waals surface area contributed by atoms with Crippen LogP contribution >= 0.6 is 0 Å². The van der Waals surface area contributed by atoms with Crippen molar-refractivity contribution in [3.05, 3.63) is 23.3 Å². The summed E-state index contributed by atoms with van der Waals surface area (Å²) in [5.41, 5.74) is 1.66. The third kappa shape index (κ3) is 3.88. The predicted molar refractivity (Wildman–Crippen MR) is 101 cm³/mol. The fraction of sp³-hybridized carbons (Fsp3) is 0.667. The predicted octanol–water partition coefficient (Wildman–Crippen LogP) is 0.622. The lowest BCUT2D eigenvalue weighted by molar-refractivity contribution is -0.330. The Morgan fingerprint density at radius 1 is 1.06 bits per heavy atom. The highest BCUT2D eigenvalue weighted by Gasteiger charge is 2.49. The third-order valence-corrected chi connectivity index (χ3v) is 6.27. The van der Waals surface area contributed by atoms with Gasteiger partial charge in [-0.05, 0) is 43.5 Å². The zero-order valence-corrected chi connectivity index (χ0v) is 17.3. The summed E-state index contributed by atoms with van der Waals surface area (Å²) in [6.07, 6.45) is -4.73. The second-order valence-electron chi connectivity index (χ2n) is 8.26. The van der Waals surface area contributed by atoms with Crippen LogP contribution in [0.4, 0.5) is 0 Å². The van der Waals surface area contributed by atoms with Crippen LogP contribution in [0.15, 0.2) is 12.1 Å². The van der Waals surface area contributed by atoms with Gasteiger partial charge in [-0.15, -0.1) is 0 Å². The van der Waals surface area contributed by atoms with Crippen LogP contribution in [0.3, 0.4) is 0 Å². The third-order valence-electron chi connectivity index (χ3n) is 6.27. The molecule has 4 aliphatic rings. The molecule has 0 bridgehead atoms. The monoisotopic (exact) mass is 438 g/mol. The lowest BCUT2D eigenvalue weighted by Crippen LogP contribution is -2.48. The molecule has 1 aromatic rings. The van der Waals surface area contributed by atoms with Gasteiger partial charge in [0, 0.05) is 5.92 Å². The molecular weight excluding hydrogens is 412 g/mol. The lowest BCUT2D eigenvalue weighted by Gasteiger charge is -2.39. The van der Waals surface area contributed by atoms with Crippen molar-refractivity contribution >= 4 is 5.97 Å². The Labute approximate surface area is 178 Å². The molecule has 0 radical (unpaired) electrons. The van der Waals surface area contributed by atoms with E-state index in [4.69, 9.17) is 33.2 Å². The topological polar surface area (TPSA) is 122 Å². The van der Waals surface area contributed by atoms with Crippen molar-refractivity contribution in [2.75, 3.05) is 20.0 Å². The molecule has 10 heteroatoms. The SMILES string of the molecule is CC1OCC(OC(OC2c3cc4c(cc3C[C@H]3C(=O)OCC23)OCO4)C(O)O)C(C)O1. The Bertz CT molecular complexity index is 842. The lowest BCUT2D eigenvalue weighted by atomic mass is 9.75. The van der Waals surface area contributed by atoms with Crippen LogP contribution in [0.1, 0.15) is 31.1 Å². The maximum atomic E-state index is 12.3. The molecule has 0 aromatic heterocycles. The first-order chi connectivity index (χ1) is 14.9. The molecule has 3 heterocycles. The van der Waals surface area contributed by atoms with Crippen molar-refractivity contribution in [3.8, 4) is 11.5 Å². The molecule has 170 valence electrons. The van der Waals surface area contributed by atoms with Gasteiger partial charge in [0.05, 0.1) is 31.3 Å². The van der Waals surface area contributed by atoms with Crippen molar-refractivity contribution in [1.29, 1.82) is 0 Å². The Morgan fingerprint density at radius 2 is 1.84 bits per heavy atom. The van der Waals surface area contributed by atoms with Crippen molar-refractivity contribution < 1.29 is 48.2 Å². The number of aliphatic hydroxyl groups excluding tert-OH is 1. The number of benzene rings is 1. The highest BCUT2D eigenvalue weighted by Crippen LogP contribution is 2.48. The standard InChI is InChI=1S/C21H26O10/c1-9-17(7-25-10(2)29-9)30-21(19(22)23)31-18-12-5-16-15(27-8-28-16)4-11(12)3-13-14(18)6-26-20(13)24/h4-5,9-10,13-14,17-19,21-23H,3,6-8H2,1-2H3/t9?,10?,13-,14?,17?,18?,21?/m1/s1. The molecule has 0 spiro atoms. The zero-order chi connectivity index (χ0) is 21.7. The Balaban J connectivity index is 1.42. The van der Waals surface area contributed by atoms with Crippen molar-refractivity contribution in [3.63, 3.8) is 0 Å². The first kappa shape index (κ1) is 20.9. The van der Waals surface area contributed by atoms with Crippen molar-refractivity contribution in [2.45, 2.75) is 57.5 Å². The van der Waals surface area contributed by atoms with Crippen molar-refractivity contribution in [1.82, 2.24) is 0 Å². The van der Waals surface area contributed by atoms with Crippen molar-refractivity contribution in [2.24, 2.45) is 11.8 Å². The van der Waals surface area contributed by atoms with E-state index in [-0.39, 0.29) is 44.3 Å². The summed E-state index contributed by atoms with van der Waals surface area (Å²) in [5, 5.41) is 20.0. The van der Waals surface area contributed by atoms with E-state index in [0.717, 1.165) is 11.1 Å². The van der Waals surface area contributed by atoms with Gasteiger partial charge in [-0.2, -0.15) is 0 Å². The van der Waals surface area contributed by atoms with Crippen LogP contribution in [0.2, 0.25) is 0 Å². The summed E-state index contributed by atoms with van der Waals surface area (Å²) in [6.45, 7) is 4.13. The highest BCUT2D eigenvalue weighted by molar-refractivity contribution is 5.76. The highest BCUT2D eigenvalue weighted by atomic mass is 16.8. The maximum Gasteiger partial charge on any atom is 0.309 e. The van der Waals surface area contributed by atoms with E-state index < -0.39 is 30.7 Å². The number of hydrogen-bond donors (Lipinski definition) is 2. The summed E-state index contributed by atoms with van der Waals surface area (Å²) in [6, 6.07) is 3.66. The van der Waals surface area contributed by atoms with Gasteiger partial charge in [-0.25, -0.2) is 0 Å². The first-order valence-corrected chi connectivity index (χ1v) is 10.4. The number of esters is 1. The van der Waals surface area contributed by atoms with E-state index in [0.29, 0.717) is 17.9 Å². The van der Waals surface area contributed by atoms with Gasteiger partial charge >= 0.3 is 5.97 Å². The maximum absolute atomic E-state index is 12.3. The molecule has 10 nitrogen and oxygen atoms in total. The van der Waals surface area contributed by atoms with Gasteiger partial charge in [0.15, 0.2) is 17.8 Å². The van der Waals surface area contributed by atoms with E-state index in [1.807, 2.05) is 19.1 Å². The van der Waals surface area contributed by atoms with E-state index in [1.54, 1.807) is 6.92 Å².